The van der Waals surface area contributed by atoms with E-state index in [1.54, 1.807) is 0 Å². The second-order valence-corrected chi connectivity index (χ2v) is 13.6. The van der Waals surface area contributed by atoms with Crippen molar-refractivity contribution in [2.45, 2.75) is 0 Å². The van der Waals surface area contributed by atoms with Gasteiger partial charge in [0.2, 0.25) is 0 Å². The van der Waals surface area contributed by atoms with Crippen molar-refractivity contribution >= 4 is 81.3 Å². The monoisotopic (exact) mass is 643 g/mol. The van der Waals surface area contributed by atoms with Gasteiger partial charge in [0.05, 0.1) is 16.1 Å². The van der Waals surface area contributed by atoms with Crippen LogP contribution in [0.3, 0.4) is 0 Å². The fourth-order valence-corrected chi connectivity index (χ4v) is 8.54. The Balaban J connectivity index is 1.29. The first-order valence-corrected chi connectivity index (χ1v) is 17.4. The van der Waals surface area contributed by atoms with Crippen molar-refractivity contribution in [2.24, 2.45) is 0 Å². The number of hydrogen-bond acceptors (Lipinski definition) is 3. The maximum Gasteiger partial charge on any atom is 0.160 e. The van der Waals surface area contributed by atoms with Crippen LogP contribution in [0.25, 0.3) is 75.1 Å². The number of rotatable bonds is 5. The Kier molecular flexibility index (Phi) is 6.39. The predicted octanol–water partition coefficient (Wildman–Crippen LogP) is 13.9. The summed E-state index contributed by atoms with van der Waals surface area (Å²) in [4.78, 5) is 2.39. The SMILES string of the molecule is c1ccc(-c2ccc(N(c3ccc(-c4ccccc4)c4c3oc3cc5ccccc5cc34)c3cccc4c3sc3ccccc34)cc2)cc1. The van der Waals surface area contributed by atoms with Gasteiger partial charge in [-0.3, -0.25) is 0 Å². The van der Waals surface area contributed by atoms with Crippen LogP contribution in [0.5, 0.6) is 0 Å². The van der Waals surface area contributed by atoms with Crippen LogP contribution in [0.4, 0.5) is 17.1 Å². The van der Waals surface area contributed by atoms with Gasteiger partial charge in [-0.15, -0.1) is 11.3 Å². The molecule has 0 aliphatic carbocycles. The first-order valence-electron chi connectivity index (χ1n) is 16.6. The highest BCUT2D eigenvalue weighted by Crippen LogP contribution is 2.49. The third-order valence-electron chi connectivity index (χ3n) is 9.65. The molecule has 0 spiro atoms. The molecule has 0 bridgehead atoms. The Morgan fingerprint density at radius 2 is 1.10 bits per heavy atom. The van der Waals surface area contributed by atoms with Gasteiger partial charge in [0.1, 0.15) is 5.58 Å². The van der Waals surface area contributed by atoms with Gasteiger partial charge in [-0.2, -0.15) is 0 Å². The second kappa shape index (κ2) is 11.2. The molecule has 0 fully saturated rings. The molecule has 49 heavy (non-hydrogen) atoms. The molecular formula is C46H29NOS. The van der Waals surface area contributed by atoms with Gasteiger partial charge in [-0.1, -0.05) is 133 Å². The number of anilines is 3. The van der Waals surface area contributed by atoms with Crippen LogP contribution >= 0.6 is 11.3 Å². The van der Waals surface area contributed by atoms with Gasteiger partial charge in [0.15, 0.2) is 5.58 Å². The molecule has 2 heterocycles. The van der Waals surface area contributed by atoms with Gasteiger partial charge in [-0.25, -0.2) is 0 Å². The molecule has 0 aliphatic rings. The van der Waals surface area contributed by atoms with Gasteiger partial charge < -0.3 is 9.32 Å². The summed E-state index contributed by atoms with van der Waals surface area (Å²) in [5.74, 6) is 0. The third-order valence-corrected chi connectivity index (χ3v) is 10.9. The predicted molar refractivity (Wildman–Crippen MR) is 210 cm³/mol. The zero-order valence-electron chi connectivity index (χ0n) is 26.5. The van der Waals surface area contributed by atoms with Crippen LogP contribution in [-0.4, -0.2) is 0 Å². The summed E-state index contributed by atoms with van der Waals surface area (Å²) < 4.78 is 9.53. The Bertz CT molecular complexity index is 2810. The standard InChI is InChI=1S/C46H29NOS/c1-3-12-30(13-4-1)31-22-24-35(25-23-31)47(41-20-11-19-38-37-18-9-10-21-43(37)49-46(38)41)40-27-26-36(32-14-5-2-6-15-32)44-39-28-33-16-7-8-17-34(33)29-42(39)48-45(40)44/h1-29H. The minimum atomic E-state index is 0.872. The number of benzene rings is 8. The Morgan fingerprint density at radius 3 is 1.90 bits per heavy atom. The van der Waals surface area contributed by atoms with E-state index in [-0.39, 0.29) is 0 Å². The fraction of sp³-hybridized carbons (Fsp3) is 0. The molecule has 0 saturated carbocycles. The summed E-state index contributed by atoms with van der Waals surface area (Å²) in [5.41, 5.74) is 9.68. The highest BCUT2D eigenvalue weighted by Gasteiger charge is 2.24. The summed E-state index contributed by atoms with van der Waals surface area (Å²) in [6.07, 6.45) is 0. The van der Waals surface area contributed by atoms with Crippen molar-refractivity contribution in [1.82, 2.24) is 0 Å². The molecule has 0 saturated heterocycles. The highest BCUT2D eigenvalue weighted by molar-refractivity contribution is 7.26. The smallest absolute Gasteiger partial charge is 0.160 e. The van der Waals surface area contributed by atoms with E-state index < -0.39 is 0 Å². The maximum absolute atomic E-state index is 7.00. The summed E-state index contributed by atoms with van der Waals surface area (Å²) in [7, 11) is 0. The number of hydrogen-bond donors (Lipinski definition) is 0. The summed E-state index contributed by atoms with van der Waals surface area (Å²) in [6, 6.07) is 63.1. The molecule has 0 amide bonds. The van der Waals surface area contributed by atoms with Crippen LogP contribution in [0, 0.1) is 0 Å². The number of fused-ring (bicyclic) bond motifs is 7. The van der Waals surface area contributed by atoms with E-state index in [9.17, 15) is 0 Å². The van der Waals surface area contributed by atoms with E-state index in [4.69, 9.17) is 4.42 Å². The molecule has 2 aromatic heterocycles. The fourth-order valence-electron chi connectivity index (χ4n) is 7.34. The van der Waals surface area contributed by atoms with Crippen LogP contribution in [-0.2, 0) is 0 Å². The van der Waals surface area contributed by atoms with Crippen molar-refractivity contribution in [3.63, 3.8) is 0 Å². The van der Waals surface area contributed by atoms with E-state index in [1.165, 1.54) is 47.6 Å². The minimum Gasteiger partial charge on any atom is -0.454 e. The molecule has 2 nitrogen and oxygen atoms in total. The van der Waals surface area contributed by atoms with Gasteiger partial charge in [-0.05, 0) is 75.5 Å². The lowest BCUT2D eigenvalue weighted by Gasteiger charge is -2.27. The number of nitrogens with zero attached hydrogens (tertiary/aromatic N) is 1. The molecule has 8 aromatic carbocycles. The second-order valence-electron chi connectivity index (χ2n) is 12.5. The van der Waals surface area contributed by atoms with Gasteiger partial charge in [0, 0.05) is 31.9 Å². The lowest BCUT2D eigenvalue weighted by molar-refractivity contribution is 0.669. The van der Waals surface area contributed by atoms with Gasteiger partial charge in [0.25, 0.3) is 0 Å². The summed E-state index contributed by atoms with van der Waals surface area (Å²) in [6.45, 7) is 0. The Hall–Kier alpha value is -6.16. The molecule has 0 unspecified atom stereocenters. The minimum absolute atomic E-state index is 0.872. The normalized spacial score (nSPS) is 11.7. The van der Waals surface area contributed by atoms with E-state index in [1.807, 2.05) is 11.3 Å². The highest BCUT2D eigenvalue weighted by atomic mass is 32.1. The molecule has 10 rings (SSSR count). The van der Waals surface area contributed by atoms with Crippen LogP contribution in [0.15, 0.2) is 180 Å². The van der Waals surface area contributed by atoms with Crippen molar-refractivity contribution < 1.29 is 4.42 Å². The van der Waals surface area contributed by atoms with Crippen molar-refractivity contribution in [3.05, 3.63) is 176 Å². The van der Waals surface area contributed by atoms with Crippen LogP contribution in [0.2, 0.25) is 0 Å². The quantitative estimate of drug-likeness (QED) is 0.186. The van der Waals surface area contributed by atoms with Gasteiger partial charge >= 0.3 is 0 Å². The zero-order chi connectivity index (χ0) is 32.3. The maximum atomic E-state index is 7.00. The first kappa shape index (κ1) is 27.9. The third kappa shape index (κ3) is 4.55. The van der Waals surface area contributed by atoms with E-state index in [0.29, 0.717) is 0 Å². The molecule has 3 heteroatoms. The van der Waals surface area contributed by atoms with Crippen molar-refractivity contribution in [2.75, 3.05) is 4.90 Å². The van der Waals surface area contributed by atoms with Crippen molar-refractivity contribution in [3.8, 4) is 22.3 Å². The topological polar surface area (TPSA) is 16.4 Å². The molecule has 230 valence electrons. The van der Waals surface area contributed by atoms with Crippen LogP contribution < -0.4 is 4.90 Å². The largest absolute Gasteiger partial charge is 0.454 e. The van der Waals surface area contributed by atoms with E-state index >= 15 is 0 Å². The average molecular weight is 644 g/mol. The summed E-state index contributed by atoms with van der Waals surface area (Å²) >= 11 is 1.85. The molecule has 10 aromatic rings. The van der Waals surface area contributed by atoms with E-state index in [0.717, 1.165) is 44.6 Å². The Labute approximate surface area is 287 Å². The summed E-state index contributed by atoms with van der Waals surface area (Å²) in [5, 5.41) is 7.15. The molecule has 0 radical (unpaired) electrons. The lowest BCUT2D eigenvalue weighted by Crippen LogP contribution is -2.10. The molecule has 0 aliphatic heterocycles. The number of furan rings is 1. The average Bonchev–Trinajstić information content (AvgIpc) is 3.74. The van der Waals surface area contributed by atoms with Crippen LogP contribution in [0.1, 0.15) is 0 Å². The first-order chi connectivity index (χ1) is 24.3. The number of thiophene rings is 1. The zero-order valence-corrected chi connectivity index (χ0v) is 27.3. The van der Waals surface area contributed by atoms with Crippen molar-refractivity contribution in [1.29, 1.82) is 0 Å². The molecule has 0 atom stereocenters. The molecule has 0 N–H and O–H groups in total. The molecular weight excluding hydrogens is 615 g/mol. The lowest BCUT2D eigenvalue weighted by atomic mass is 9.97. The Morgan fingerprint density at radius 1 is 0.449 bits per heavy atom. The van der Waals surface area contributed by atoms with E-state index in [2.05, 4.69) is 181 Å².